The van der Waals surface area contributed by atoms with Crippen LogP contribution in [0.1, 0.15) is 34.1 Å². The first-order chi connectivity index (χ1) is 5.45. The van der Waals surface area contributed by atoms with Crippen LogP contribution in [0.4, 0.5) is 0 Å². The van der Waals surface area contributed by atoms with Crippen LogP contribution < -0.4 is 0 Å². The standard InChI is InChI=1S/C9H16O3/c1-5-6-7(10)12-8(11-6)9(2,3)4/h8,10H,5H2,1-4H3/t8-/m1/s1. The summed E-state index contributed by atoms with van der Waals surface area (Å²) in [6, 6.07) is 0. The molecule has 3 heteroatoms. The zero-order chi connectivity index (χ0) is 9.35. The van der Waals surface area contributed by atoms with E-state index in [0.29, 0.717) is 12.2 Å². The van der Waals surface area contributed by atoms with E-state index < -0.39 is 0 Å². The molecule has 70 valence electrons. The molecule has 0 saturated heterocycles. The van der Waals surface area contributed by atoms with E-state index in [1.54, 1.807) is 0 Å². The maximum Gasteiger partial charge on any atom is 0.319 e. The van der Waals surface area contributed by atoms with Crippen molar-refractivity contribution in [3.05, 3.63) is 11.7 Å². The molecule has 12 heavy (non-hydrogen) atoms. The molecule has 1 heterocycles. The van der Waals surface area contributed by atoms with Crippen LogP contribution in [-0.4, -0.2) is 11.4 Å². The maximum absolute atomic E-state index is 9.26. The highest BCUT2D eigenvalue weighted by atomic mass is 16.8. The molecule has 0 aliphatic carbocycles. The van der Waals surface area contributed by atoms with E-state index >= 15 is 0 Å². The summed E-state index contributed by atoms with van der Waals surface area (Å²) in [4.78, 5) is 0. The quantitative estimate of drug-likeness (QED) is 0.660. The van der Waals surface area contributed by atoms with Crippen molar-refractivity contribution in [1.82, 2.24) is 0 Å². The molecule has 0 aromatic heterocycles. The molecule has 1 atom stereocenters. The number of hydrogen-bond acceptors (Lipinski definition) is 3. The fourth-order valence-electron chi connectivity index (χ4n) is 0.959. The smallest absolute Gasteiger partial charge is 0.319 e. The van der Waals surface area contributed by atoms with Gasteiger partial charge < -0.3 is 14.6 Å². The van der Waals surface area contributed by atoms with Crippen LogP contribution in [0.25, 0.3) is 0 Å². The van der Waals surface area contributed by atoms with E-state index in [-0.39, 0.29) is 17.7 Å². The fraction of sp³-hybridized carbons (Fsp3) is 0.778. The summed E-state index contributed by atoms with van der Waals surface area (Å²) in [6.07, 6.45) is 0.311. The van der Waals surface area contributed by atoms with Crippen LogP contribution in [-0.2, 0) is 9.47 Å². The monoisotopic (exact) mass is 172 g/mol. The lowest BCUT2D eigenvalue weighted by Gasteiger charge is -2.24. The molecule has 1 rings (SSSR count). The lowest BCUT2D eigenvalue weighted by Crippen LogP contribution is -2.27. The van der Waals surface area contributed by atoms with Gasteiger partial charge in [0.2, 0.25) is 6.29 Å². The van der Waals surface area contributed by atoms with Crippen LogP contribution in [0.15, 0.2) is 11.7 Å². The van der Waals surface area contributed by atoms with E-state index in [1.807, 2.05) is 27.7 Å². The van der Waals surface area contributed by atoms with Gasteiger partial charge in [-0.2, -0.15) is 0 Å². The van der Waals surface area contributed by atoms with Crippen LogP contribution in [0, 0.1) is 5.41 Å². The first-order valence-electron chi connectivity index (χ1n) is 4.20. The minimum atomic E-state index is -0.354. The van der Waals surface area contributed by atoms with Gasteiger partial charge in [-0.3, -0.25) is 0 Å². The molecule has 0 spiro atoms. The van der Waals surface area contributed by atoms with Crippen molar-refractivity contribution in [1.29, 1.82) is 0 Å². The number of aliphatic hydroxyl groups is 1. The van der Waals surface area contributed by atoms with Gasteiger partial charge in [0.25, 0.3) is 0 Å². The summed E-state index contributed by atoms with van der Waals surface area (Å²) < 4.78 is 10.5. The summed E-state index contributed by atoms with van der Waals surface area (Å²) in [7, 11) is 0. The predicted molar refractivity (Wildman–Crippen MR) is 45.4 cm³/mol. The van der Waals surface area contributed by atoms with E-state index in [0.717, 1.165) is 0 Å². The van der Waals surface area contributed by atoms with Gasteiger partial charge in [0.15, 0.2) is 5.76 Å². The number of hydrogen-bond donors (Lipinski definition) is 1. The summed E-state index contributed by atoms with van der Waals surface area (Å²) in [6.45, 7) is 7.93. The maximum atomic E-state index is 9.26. The van der Waals surface area contributed by atoms with Crippen molar-refractivity contribution < 1.29 is 14.6 Å². The van der Waals surface area contributed by atoms with Gasteiger partial charge in [0.05, 0.1) is 0 Å². The predicted octanol–water partition coefficient (Wildman–Crippen LogP) is 2.54. The largest absolute Gasteiger partial charge is 0.478 e. The highest BCUT2D eigenvalue weighted by Gasteiger charge is 2.35. The van der Waals surface area contributed by atoms with E-state index in [2.05, 4.69) is 0 Å². The zero-order valence-corrected chi connectivity index (χ0v) is 8.05. The molecule has 3 nitrogen and oxygen atoms in total. The molecule has 0 unspecified atom stereocenters. The Labute approximate surface area is 73.0 Å². The minimum Gasteiger partial charge on any atom is -0.478 e. The third-order valence-corrected chi connectivity index (χ3v) is 1.73. The topological polar surface area (TPSA) is 38.7 Å². The number of ether oxygens (including phenoxy) is 2. The number of allylic oxidation sites excluding steroid dienone is 1. The Morgan fingerprint density at radius 2 is 1.92 bits per heavy atom. The molecule has 1 aliphatic heterocycles. The second-order valence-electron chi connectivity index (χ2n) is 4.02. The summed E-state index contributed by atoms with van der Waals surface area (Å²) >= 11 is 0. The van der Waals surface area contributed by atoms with Gasteiger partial charge in [0.1, 0.15) is 0 Å². The Morgan fingerprint density at radius 3 is 2.17 bits per heavy atom. The highest BCUT2D eigenvalue weighted by Crippen LogP contribution is 2.33. The molecular weight excluding hydrogens is 156 g/mol. The summed E-state index contributed by atoms with van der Waals surface area (Å²) in [5, 5.41) is 9.26. The van der Waals surface area contributed by atoms with E-state index in [4.69, 9.17) is 9.47 Å². The molecule has 0 radical (unpaired) electrons. The second kappa shape index (κ2) is 2.88. The summed E-state index contributed by atoms with van der Waals surface area (Å²) in [5.74, 6) is 0.493. The van der Waals surface area contributed by atoms with Crippen molar-refractivity contribution in [3.63, 3.8) is 0 Å². The van der Waals surface area contributed by atoms with Crippen molar-refractivity contribution >= 4 is 0 Å². The van der Waals surface area contributed by atoms with Crippen LogP contribution in [0.5, 0.6) is 0 Å². The Balaban J connectivity index is 2.63. The van der Waals surface area contributed by atoms with E-state index in [1.165, 1.54) is 0 Å². The Kier molecular flexibility index (Phi) is 2.22. The normalized spacial score (nSPS) is 23.8. The second-order valence-corrected chi connectivity index (χ2v) is 4.02. The molecule has 0 fully saturated rings. The van der Waals surface area contributed by atoms with Crippen LogP contribution >= 0.6 is 0 Å². The number of aliphatic hydroxyl groups excluding tert-OH is 1. The Morgan fingerprint density at radius 1 is 1.33 bits per heavy atom. The van der Waals surface area contributed by atoms with Crippen molar-refractivity contribution in [2.24, 2.45) is 5.41 Å². The SMILES string of the molecule is CCC1=C(O)O[C@H](C(C)(C)C)O1. The third-order valence-electron chi connectivity index (χ3n) is 1.73. The van der Waals surface area contributed by atoms with Gasteiger partial charge in [0, 0.05) is 11.8 Å². The van der Waals surface area contributed by atoms with Gasteiger partial charge in [-0.1, -0.05) is 27.7 Å². The first kappa shape index (κ1) is 9.23. The van der Waals surface area contributed by atoms with Gasteiger partial charge in [-0.15, -0.1) is 0 Å². The lowest BCUT2D eigenvalue weighted by atomic mass is 9.96. The molecule has 0 saturated carbocycles. The number of rotatable bonds is 1. The molecule has 1 aliphatic rings. The molecule has 0 amide bonds. The lowest BCUT2D eigenvalue weighted by molar-refractivity contribution is -0.126. The average Bonchev–Trinajstić information content (AvgIpc) is 2.29. The minimum absolute atomic E-state index is 0.0579. The molecule has 1 N–H and O–H groups in total. The first-order valence-corrected chi connectivity index (χ1v) is 4.20. The van der Waals surface area contributed by atoms with Crippen molar-refractivity contribution in [3.8, 4) is 0 Å². The molecule has 0 aromatic carbocycles. The van der Waals surface area contributed by atoms with Crippen LogP contribution in [0.3, 0.4) is 0 Å². The molecular formula is C9H16O3. The molecule has 0 aromatic rings. The highest BCUT2D eigenvalue weighted by molar-refractivity contribution is 4.99. The summed E-state index contributed by atoms with van der Waals surface area (Å²) in [5.41, 5.74) is -0.106. The van der Waals surface area contributed by atoms with Crippen LogP contribution in [0.2, 0.25) is 0 Å². The molecule has 0 bridgehead atoms. The fourth-order valence-corrected chi connectivity index (χ4v) is 0.959. The van der Waals surface area contributed by atoms with Gasteiger partial charge >= 0.3 is 5.95 Å². The van der Waals surface area contributed by atoms with Crippen molar-refractivity contribution in [2.75, 3.05) is 0 Å². The van der Waals surface area contributed by atoms with Crippen molar-refractivity contribution in [2.45, 2.75) is 40.4 Å². The average molecular weight is 172 g/mol. The van der Waals surface area contributed by atoms with E-state index in [9.17, 15) is 5.11 Å². The van der Waals surface area contributed by atoms with Gasteiger partial charge in [-0.05, 0) is 0 Å². The zero-order valence-electron chi connectivity index (χ0n) is 8.05. The third kappa shape index (κ3) is 1.65. The van der Waals surface area contributed by atoms with Gasteiger partial charge in [-0.25, -0.2) is 0 Å². The Hall–Kier alpha value is -0.860. The Bertz CT molecular complexity index is 200.